The van der Waals surface area contributed by atoms with Gasteiger partial charge in [-0.15, -0.1) is 0 Å². The number of hydrogen-bond acceptors (Lipinski definition) is 6. The molecule has 2 N–H and O–H groups in total. The molecule has 0 bridgehead atoms. The summed E-state index contributed by atoms with van der Waals surface area (Å²) in [6, 6.07) is 21.9. The average molecular weight is 666 g/mol. The Labute approximate surface area is 248 Å². The van der Waals surface area contributed by atoms with Gasteiger partial charge in [0.2, 0.25) is 0 Å². The van der Waals surface area contributed by atoms with Gasteiger partial charge in [-0.1, -0.05) is 92.3 Å². The summed E-state index contributed by atoms with van der Waals surface area (Å²) in [5.41, 5.74) is 0.620. The second kappa shape index (κ2) is 12.2. The van der Waals surface area contributed by atoms with E-state index in [9.17, 15) is 16.8 Å². The van der Waals surface area contributed by atoms with Crippen molar-refractivity contribution in [2.24, 2.45) is 0 Å². The van der Waals surface area contributed by atoms with Gasteiger partial charge in [0.15, 0.2) is 0 Å². The zero-order chi connectivity index (χ0) is 27.5. The highest BCUT2D eigenvalue weighted by atomic mass is 35.5. The molecule has 0 atom stereocenters. The quantitative estimate of drug-likeness (QED) is 0.174. The largest absolute Gasteiger partial charge is 0.278 e. The molecule has 0 heterocycles. The predicted octanol–water partition coefficient (Wildman–Crippen LogP) is 8.70. The van der Waals surface area contributed by atoms with E-state index in [-0.39, 0.29) is 29.9 Å². The molecule has 0 saturated heterocycles. The van der Waals surface area contributed by atoms with Gasteiger partial charge in [0.25, 0.3) is 20.0 Å². The minimum absolute atomic E-state index is 0.0300. The van der Waals surface area contributed by atoms with Crippen molar-refractivity contribution in [1.82, 2.24) is 0 Å². The maximum absolute atomic E-state index is 13.0. The Morgan fingerprint density at radius 1 is 0.526 bits per heavy atom. The van der Waals surface area contributed by atoms with Crippen LogP contribution in [0.1, 0.15) is 0 Å². The summed E-state index contributed by atoms with van der Waals surface area (Å²) in [5, 5.41) is 0.516. The molecule has 0 aromatic heterocycles. The van der Waals surface area contributed by atoms with E-state index in [0.717, 1.165) is 0 Å². The number of sulfonamides is 2. The summed E-state index contributed by atoms with van der Waals surface area (Å²) in [7, 11) is -5.63. The first kappa shape index (κ1) is 29.2. The second-order valence-corrected chi connectivity index (χ2v) is 14.7. The van der Waals surface area contributed by atoms with Gasteiger partial charge in [-0.3, -0.25) is 9.44 Å². The lowest BCUT2D eigenvalue weighted by Gasteiger charge is -2.15. The second-order valence-electron chi connectivity index (χ2n) is 7.52. The molecular weight excluding hydrogens is 650 g/mol. The highest BCUT2D eigenvalue weighted by molar-refractivity contribution is 8.76. The predicted molar refractivity (Wildman–Crippen MR) is 159 cm³/mol. The topological polar surface area (TPSA) is 92.3 Å². The van der Waals surface area contributed by atoms with E-state index >= 15 is 0 Å². The maximum Gasteiger partial charge on any atom is 0.263 e. The van der Waals surface area contributed by atoms with E-state index in [0.29, 0.717) is 21.2 Å². The molecule has 198 valence electrons. The lowest BCUT2D eigenvalue weighted by molar-refractivity contribution is 0.599. The van der Waals surface area contributed by atoms with E-state index in [1.165, 1.54) is 58.0 Å². The van der Waals surface area contributed by atoms with Crippen molar-refractivity contribution in [2.75, 3.05) is 9.44 Å². The van der Waals surface area contributed by atoms with Crippen molar-refractivity contribution in [3.05, 3.63) is 105 Å². The van der Waals surface area contributed by atoms with Gasteiger partial charge in [-0.25, -0.2) is 16.8 Å². The summed E-state index contributed by atoms with van der Waals surface area (Å²) in [4.78, 5) is 0.849. The molecule has 0 aliphatic rings. The zero-order valence-electron chi connectivity index (χ0n) is 18.9. The lowest BCUT2D eigenvalue weighted by Crippen LogP contribution is -2.14. The Bertz CT molecular complexity index is 1590. The average Bonchev–Trinajstić information content (AvgIpc) is 2.86. The van der Waals surface area contributed by atoms with Crippen LogP contribution in [0.3, 0.4) is 0 Å². The van der Waals surface area contributed by atoms with Crippen LogP contribution in [0, 0.1) is 0 Å². The molecule has 6 nitrogen and oxygen atoms in total. The first-order valence-electron chi connectivity index (χ1n) is 10.4. The highest BCUT2D eigenvalue weighted by Gasteiger charge is 2.22. The first-order chi connectivity index (χ1) is 18.0. The molecule has 0 unspecified atom stereocenters. The Balaban J connectivity index is 1.57. The van der Waals surface area contributed by atoms with Gasteiger partial charge in [0, 0.05) is 19.8 Å². The van der Waals surface area contributed by atoms with Crippen molar-refractivity contribution in [2.45, 2.75) is 19.6 Å². The zero-order valence-corrected chi connectivity index (χ0v) is 25.2. The Hall–Kier alpha value is -1.76. The van der Waals surface area contributed by atoms with Crippen molar-refractivity contribution in [1.29, 1.82) is 0 Å². The van der Waals surface area contributed by atoms with Crippen LogP contribution in [-0.2, 0) is 20.0 Å². The molecule has 14 heteroatoms. The summed E-state index contributed by atoms with van der Waals surface area (Å²) in [6.45, 7) is 0. The van der Waals surface area contributed by atoms with Gasteiger partial charge in [0.05, 0.1) is 21.4 Å². The Morgan fingerprint density at radius 2 is 0.895 bits per heavy atom. The molecule has 0 spiro atoms. The van der Waals surface area contributed by atoms with Crippen LogP contribution < -0.4 is 9.44 Å². The van der Waals surface area contributed by atoms with E-state index in [1.807, 2.05) is 0 Å². The van der Waals surface area contributed by atoms with Crippen molar-refractivity contribution < 1.29 is 16.8 Å². The van der Waals surface area contributed by atoms with Gasteiger partial charge >= 0.3 is 0 Å². The first-order valence-corrected chi connectivity index (χ1v) is 17.1. The molecule has 4 aromatic rings. The normalized spacial score (nSPS) is 11.8. The fourth-order valence-corrected chi connectivity index (χ4v) is 9.19. The standard InChI is InChI=1S/C24H16Cl4N2O4S4/c25-15-9-11-17(27)23(13-15)37(31,32)29-19-5-1-3-7-21(19)35-36-22-8-4-2-6-20(22)30-38(33,34)24-14-16(26)10-12-18(24)28/h1-14,29-30H. The van der Waals surface area contributed by atoms with Crippen molar-refractivity contribution in [3.8, 4) is 0 Å². The van der Waals surface area contributed by atoms with Crippen LogP contribution in [0.25, 0.3) is 0 Å². The Kier molecular flexibility index (Phi) is 9.37. The number of halogens is 4. The number of anilines is 2. The summed E-state index contributed by atoms with van der Waals surface area (Å²) >= 11 is 24.1. The molecule has 0 amide bonds. The van der Waals surface area contributed by atoms with Crippen LogP contribution in [0.2, 0.25) is 20.1 Å². The van der Waals surface area contributed by atoms with E-state index in [1.54, 1.807) is 48.5 Å². The summed E-state index contributed by atoms with van der Waals surface area (Å²) < 4.78 is 57.2. The van der Waals surface area contributed by atoms with Gasteiger partial charge in [0.1, 0.15) is 9.79 Å². The maximum atomic E-state index is 13.0. The number of benzene rings is 4. The Morgan fingerprint density at radius 3 is 1.29 bits per heavy atom. The van der Waals surface area contributed by atoms with Crippen LogP contribution >= 0.6 is 68.0 Å². The van der Waals surface area contributed by atoms with E-state index in [2.05, 4.69) is 9.44 Å². The number of rotatable bonds is 9. The molecular formula is C24H16Cl4N2O4S4. The van der Waals surface area contributed by atoms with Crippen LogP contribution in [0.5, 0.6) is 0 Å². The van der Waals surface area contributed by atoms with Gasteiger partial charge < -0.3 is 0 Å². The smallest absolute Gasteiger partial charge is 0.263 e. The molecule has 0 fully saturated rings. The SMILES string of the molecule is O=S(=O)(Nc1ccccc1SSc1ccccc1NS(=O)(=O)c1cc(Cl)ccc1Cl)c1cc(Cl)ccc1Cl. The molecule has 0 aliphatic heterocycles. The van der Waals surface area contributed by atoms with Gasteiger partial charge in [-0.05, 0) is 60.7 Å². The minimum Gasteiger partial charge on any atom is -0.278 e. The van der Waals surface area contributed by atoms with Crippen LogP contribution in [0.4, 0.5) is 11.4 Å². The third kappa shape index (κ3) is 7.05. The fourth-order valence-electron chi connectivity index (χ4n) is 3.10. The number of hydrogen-bond donors (Lipinski definition) is 2. The van der Waals surface area contributed by atoms with E-state index < -0.39 is 20.0 Å². The van der Waals surface area contributed by atoms with E-state index in [4.69, 9.17) is 46.4 Å². The highest BCUT2D eigenvalue weighted by Crippen LogP contribution is 2.44. The number of para-hydroxylation sites is 2. The summed E-state index contributed by atoms with van der Waals surface area (Å²) in [6.07, 6.45) is 0. The summed E-state index contributed by atoms with van der Waals surface area (Å²) in [5.74, 6) is 0. The van der Waals surface area contributed by atoms with Gasteiger partial charge in [-0.2, -0.15) is 0 Å². The minimum atomic E-state index is -4.05. The third-order valence-corrected chi connectivity index (χ3v) is 11.5. The number of nitrogens with one attached hydrogen (secondary N) is 2. The molecule has 38 heavy (non-hydrogen) atoms. The van der Waals surface area contributed by atoms with Crippen molar-refractivity contribution in [3.63, 3.8) is 0 Å². The molecule has 0 saturated carbocycles. The molecule has 4 rings (SSSR count). The molecule has 0 aliphatic carbocycles. The monoisotopic (exact) mass is 664 g/mol. The van der Waals surface area contributed by atoms with Crippen molar-refractivity contribution >= 4 is 99.4 Å². The molecule has 0 radical (unpaired) electrons. The van der Waals surface area contributed by atoms with Crippen LogP contribution in [0.15, 0.2) is 105 Å². The lowest BCUT2D eigenvalue weighted by atomic mass is 10.3. The molecule has 4 aromatic carbocycles. The van der Waals surface area contributed by atoms with Crippen LogP contribution in [-0.4, -0.2) is 16.8 Å². The third-order valence-electron chi connectivity index (χ3n) is 4.85. The fraction of sp³-hybridized carbons (Fsp3) is 0.